The summed E-state index contributed by atoms with van der Waals surface area (Å²) < 4.78 is 1.91. The molecule has 5 rings (SSSR count). The van der Waals surface area contributed by atoms with Gasteiger partial charge in [-0.3, -0.25) is 9.20 Å². The lowest BCUT2D eigenvalue weighted by Gasteiger charge is -2.19. The van der Waals surface area contributed by atoms with E-state index < -0.39 is 0 Å². The van der Waals surface area contributed by atoms with Gasteiger partial charge in [0.15, 0.2) is 11.5 Å². The monoisotopic (exact) mass is 590 g/mol. The first-order chi connectivity index (χ1) is 20.5. The lowest BCUT2D eigenvalue weighted by atomic mass is 9.92. The molecule has 0 aliphatic carbocycles. The van der Waals surface area contributed by atoms with Crippen LogP contribution in [0.25, 0.3) is 17.0 Å². The number of aryl methyl sites for hydroxylation is 1. The molecule has 0 atom stereocenters. The van der Waals surface area contributed by atoms with Crippen molar-refractivity contribution in [1.82, 2.24) is 19.9 Å². The van der Waals surface area contributed by atoms with Gasteiger partial charge in [-0.15, -0.1) is 10.2 Å². The molecule has 2 aromatic heterocycles. The molecule has 0 bridgehead atoms. The third-order valence-electron chi connectivity index (χ3n) is 6.71. The number of pyridine rings is 1. The van der Waals surface area contributed by atoms with E-state index in [1.807, 2.05) is 105 Å². The van der Waals surface area contributed by atoms with Crippen LogP contribution >= 0.6 is 11.8 Å². The summed E-state index contributed by atoms with van der Waals surface area (Å²) in [6, 6.07) is 26.5. The van der Waals surface area contributed by atoms with Gasteiger partial charge in [-0.25, -0.2) is 4.99 Å². The number of allylic oxidation sites excluding steroid dienone is 1. The summed E-state index contributed by atoms with van der Waals surface area (Å²) in [6.45, 7) is 8.06. The number of rotatable bonds is 7. The summed E-state index contributed by atoms with van der Waals surface area (Å²) in [5, 5.41) is 21.4. The van der Waals surface area contributed by atoms with Crippen LogP contribution in [0.3, 0.4) is 0 Å². The molecule has 0 aliphatic rings. The molecule has 5 aromatic rings. The number of aromatic hydroxyl groups is 1. The van der Waals surface area contributed by atoms with Crippen molar-refractivity contribution in [2.45, 2.75) is 43.9 Å². The quantitative estimate of drug-likeness (QED) is 0.141. The van der Waals surface area contributed by atoms with Crippen LogP contribution in [0.2, 0.25) is 0 Å². The van der Waals surface area contributed by atoms with Crippen LogP contribution < -0.4 is 11.1 Å². The average Bonchev–Trinajstić information content (AvgIpc) is 3.38. The number of phenols is 1. The molecule has 43 heavy (non-hydrogen) atoms. The molecule has 0 fully saturated rings. The Morgan fingerprint density at radius 3 is 2.42 bits per heavy atom. The maximum absolute atomic E-state index is 13.0. The van der Waals surface area contributed by atoms with E-state index in [2.05, 4.69) is 20.5 Å². The minimum atomic E-state index is -0.267. The van der Waals surface area contributed by atoms with Gasteiger partial charge in [0.05, 0.1) is 12.1 Å². The fraction of sp³-hybridized carbons (Fsp3) is 0.176. The summed E-state index contributed by atoms with van der Waals surface area (Å²) in [5.41, 5.74) is 10.9. The summed E-state index contributed by atoms with van der Waals surface area (Å²) in [5.74, 6) is 1.05. The van der Waals surface area contributed by atoms with Crippen molar-refractivity contribution in [2.24, 2.45) is 16.1 Å². The van der Waals surface area contributed by atoms with Crippen molar-refractivity contribution in [3.05, 3.63) is 114 Å². The number of carbonyl (C=O) groups is 1. The van der Waals surface area contributed by atoms with Gasteiger partial charge in [-0.2, -0.15) is 0 Å². The van der Waals surface area contributed by atoms with E-state index in [-0.39, 0.29) is 23.5 Å². The minimum Gasteiger partial charge on any atom is -0.508 e. The van der Waals surface area contributed by atoms with E-state index in [1.165, 1.54) is 0 Å². The second kappa shape index (κ2) is 12.5. The summed E-state index contributed by atoms with van der Waals surface area (Å²) in [6.07, 6.45) is 3.91. The number of hydrogen-bond donors (Lipinski definition) is 3. The molecular formula is C34H34N6O2S. The number of nitrogens with two attached hydrogens (primary N) is 1. The smallest absolute Gasteiger partial charge is 0.229 e. The van der Waals surface area contributed by atoms with Crippen LogP contribution in [0.4, 0.5) is 5.69 Å². The Bertz CT molecular complexity index is 1820. The van der Waals surface area contributed by atoms with Gasteiger partial charge < -0.3 is 16.2 Å². The van der Waals surface area contributed by atoms with Crippen molar-refractivity contribution in [3.8, 4) is 17.1 Å². The fourth-order valence-corrected chi connectivity index (χ4v) is 5.01. The van der Waals surface area contributed by atoms with Crippen LogP contribution in [-0.4, -0.2) is 31.4 Å². The van der Waals surface area contributed by atoms with Gasteiger partial charge in [0.25, 0.3) is 0 Å². The first-order valence-electron chi connectivity index (χ1n) is 13.9. The summed E-state index contributed by atoms with van der Waals surface area (Å²) >= 11 is 1.60. The Labute approximate surface area is 255 Å². The van der Waals surface area contributed by atoms with Gasteiger partial charge in [0.1, 0.15) is 11.6 Å². The summed E-state index contributed by atoms with van der Waals surface area (Å²) in [4.78, 5) is 19.7. The van der Waals surface area contributed by atoms with Crippen molar-refractivity contribution >= 4 is 34.8 Å². The number of fused-ring (bicyclic) bond motifs is 1. The molecule has 4 N–H and O–H groups in total. The Kier molecular flexibility index (Phi) is 8.63. The number of amides is 1. The van der Waals surface area contributed by atoms with Gasteiger partial charge >= 0.3 is 0 Å². The minimum absolute atomic E-state index is 0.175. The third kappa shape index (κ3) is 7.69. The Balaban J connectivity index is 1.28. The van der Waals surface area contributed by atoms with Crippen LogP contribution in [0.1, 0.15) is 31.9 Å². The molecule has 1 amide bonds. The van der Waals surface area contributed by atoms with Crippen molar-refractivity contribution < 1.29 is 9.90 Å². The van der Waals surface area contributed by atoms with Crippen molar-refractivity contribution in [2.75, 3.05) is 0 Å². The third-order valence-corrected chi connectivity index (χ3v) is 7.70. The molecule has 0 spiro atoms. The van der Waals surface area contributed by atoms with Crippen LogP contribution in [0, 0.1) is 12.3 Å². The highest BCUT2D eigenvalue weighted by Gasteiger charge is 2.16. The Morgan fingerprint density at radius 2 is 1.72 bits per heavy atom. The molecule has 3 aromatic carbocycles. The second-order valence-corrected chi connectivity index (χ2v) is 12.5. The maximum atomic E-state index is 13.0. The molecule has 8 nitrogen and oxygen atoms in total. The van der Waals surface area contributed by atoms with Crippen molar-refractivity contribution in [3.63, 3.8) is 0 Å². The lowest BCUT2D eigenvalue weighted by molar-refractivity contribution is -0.119. The van der Waals surface area contributed by atoms with E-state index in [4.69, 9.17) is 5.73 Å². The number of nitrogens with zero attached hydrogens (tertiary/aromatic N) is 4. The van der Waals surface area contributed by atoms with E-state index in [9.17, 15) is 9.90 Å². The number of phenolic OH excluding ortho intramolecular Hbond substituents is 1. The molecule has 0 unspecified atom stereocenters. The fourth-order valence-electron chi connectivity index (χ4n) is 4.18. The van der Waals surface area contributed by atoms with E-state index in [0.29, 0.717) is 23.0 Å². The SMILES string of the molecule is Cc1ccc(N=C(C=C(N)C(C)(C)C)NC(=O)Cc2ccc(Sc3ccc4nnc(-c5cccc(O)c5)n4c3)cc2)cc1. The normalized spacial score (nSPS) is 12.5. The van der Waals surface area contributed by atoms with E-state index in [1.54, 1.807) is 36.0 Å². The molecule has 2 heterocycles. The highest BCUT2D eigenvalue weighted by molar-refractivity contribution is 7.99. The molecule has 218 valence electrons. The van der Waals surface area contributed by atoms with Crippen LogP contribution in [0.15, 0.2) is 118 Å². The maximum Gasteiger partial charge on any atom is 0.229 e. The van der Waals surface area contributed by atoms with Crippen LogP contribution in [0.5, 0.6) is 5.75 Å². The number of benzene rings is 3. The number of aromatic nitrogens is 3. The first kappa shape index (κ1) is 29.6. The van der Waals surface area contributed by atoms with Gasteiger partial charge in [0, 0.05) is 38.7 Å². The number of carbonyl (C=O) groups excluding carboxylic acids is 1. The van der Waals surface area contributed by atoms with Gasteiger partial charge in [0.2, 0.25) is 5.91 Å². The topological polar surface area (TPSA) is 118 Å². The summed E-state index contributed by atoms with van der Waals surface area (Å²) in [7, 11) is 0. The average molecular weight is 591 g/mol. The highest BCUT2D eigenvalue weighted by Crippen LogP contribution is 2.30. The van der Waals surface area contributed by atoms with Gasteiger partial charge in [-0.1, -0.05) is 74.5 Å². The second-order valence-electron chi connectivity index (χ2n) is 11.3. The Hall–Kier alpha value is -4.89. The van der Waals surface area contributed by atoms with Crippen LogP contribution in [-0.2, 0) is 11.2 Å². The molecule has 0 saturated heterocycles. The van der Waals surface area contributed by atoms with Gasteiger partial charge in [-0.05, 0) is 61.0 Å². The molecule has 9 heteroatoms. The standard InChI is InChI=1S/C34H34N6O2S/c1-22-8-12-25(13-9-22)36-30(20-29(35)34(2,3)4)37-32(42)18-23-10-14-27(15-11-23)43-28-16-17-31-38-39-33(40(31)21-28)24-6-5-7-26(41)19-24/h5-17,19-21,41H,18,35H2,1-4H3,(H,36,37,42). The number of aliphatic imine (C=N–C) groups is 1. The van der Waals surface area contributed by atoms with Crippen molar-refractivity contribution in [1.29, 1.82) is 0 Å². The first-order valence-corrected chi connectivity index (χ1v) is 14.7. The molecule has 0 aliphatic heterocycles. The lowest BCUT2D eigenvalue weighted by Crippen LogP contribution is -2.32. The highest BCUT2D eigenvalue weighted by atomic mass is 32.2. The Morgan fingerprint density at radius 1 is 1.00 bits per heavy atom. The number of nitrogens with one attached hydrogen (secondary N) is 1. The number of amidine groups is 1. The number of hydrogen-bond acceptors (Lipinski definition) is 7. The zero-order valence-electron chi connectivity index (χ0n) is 24.6. The largest absolute Gasteiger partial charge is 0.508 e. The van der Waals surface area contributed by atoms with E-state index >= 15 is 0 Å². The predicted octanol–water partition coefficient (Wildman–Crippen LogP) is 6.84. The predicted molar refractivity (Wildman–Crippen MR) is 172 cm³/mol. The zero-order chi connectivity index (χ0) is 30.6. The molecule has 0 radical (unpaired) electrons. The molecular weight excluding hydrogens is 556 g/mol. The zero-order valence-corrected chi connectivity index (χ0v) is 25.4. The molecule has 0 saturated carbocycles. The van der Waals surface area contributed by atoms with E-state index in [0.717, 1.165) is 32.2 Å².